The third-order valence-corrected chi connectivity index (χ3v) is 6.22. The molecule has 0 aromatic heterocycles. The molecule has 3 unspecified atom stereocenters. The molecular formula is C24H48F2N2. The summed E-state index contributed by atoms with van der Waals surface area (Å²) >= 11 is 0. The van der Waals surface area contributed by atoms with Crippen molar-refractivity contribution in [1.82, 2.24) is 9.80 Å². The Morgan fingerprint density at radius 2 is 0.786 bits per heavy atom. The van der Waals surface area contributed by atoms with Crippen LogP contribution >= 0.6 is 0 Å². The lowest BCUT2D eigenvalue weighted by atomic mass is 9.83. The normalized spacial score (nSPS) is 31.1. The highest BCUT2D eigenvalue weighted by Crippen LogP contribution is 2.39. The summed E-state index contributed by atoms with van der Waals surface area (Å²) < 4.78 is 26.9. The molecule has 2 fully saturated rings. The predicted molar refractivity (Wildman–Crippen MR) is 118 cm³/mol. The molecular weight excluding hydrogens is 354 g/mol. The number of halogens is 2. The maximum absolute atomic E-state index is 13.4. The van der Waals surface area contributed by atoms with Crippen LogP contribution in [0.5, 0.6) is 0 Å². The highest BCUT2D eigenvalue weighted by atomic mass is 19.1. The molecule has 4 heteroatoms. The maximum atomic E-state index is 13.4. The maximum Gasteiger partial charge on any atom is 0.114 e. The van der Waals surface area contributed by atoms with Gasteiger partial charge in [-0.3, -0.25) is 9.80 Å². The zero-order valence-electron chi connectivity index (χ0n) is 20.8. The van der Waals surface area contributed by atoms with Gasteiger partial charge in [-0.25, -0.2) is 8.78 Å². The number of hydrogen-bond donors (Lipinski definition) is 0. The lowest BCUT2D eigenvalue weighted by molar-refractivity contribution is 0.0570. The van der Waals surface area contributed by atoms with E-state index in [0.29, 0.717) is 38.0 Å². The van der Waals surface area contributed by atoms with Crippen LogP contribution in [-0.4, -0.2) is 58.4 Å². The van der Waals surface area contributed by atoms with E-state index in [1.54, 1.807) is 0 Å². The Balaban J connectivity index is 0.000000280. The fraction of sp³-hybridized carbons (Fsp3) is 1.00. The Bertz CT molecular complexity index is 401. The standard InChI is InChI=1S/2C12H24FN/c2*1-11(2,3)10-7-9(13)8-14(10)12(4,5)6/h2*9-10H,7-8H2,1-6H3/t9-,10?;/m1./s1. The van der Waals surface area contributed by atoms with E-state index in [-0.39, 0.29) is 21.9 Å². The smallest absolute Gasteiger partial charge is 0.114 e. The minimum absolute atomic E-state index is 0.0821. The van der Waals surface area contributed by atoms with Gasteiger partial charge in [0.05, 0.1) is 0 Å². The first kappa shape index (κ1) is 25.8. The second-order valence-corrected chi connectivity index (χ2v) is 13.1. The SMILES string of the molecule is CC(C)(C)C1CC(F)CN1C(C)(C)C.CC(C)(C)C1C[C@@H](F)CN1C(C)(C)C. The average Bonchev–Trinajstić information content (AvgIpc) is 3.00. The zero-order valence-corrected chi connectivity index (χ0v) is 20.8. The Labute approximate surface area is 174 Å². The summed E-state index contributed by atoms with van der Waals surface area (Å²) in [5.74, 6) is 0. The van der Waals surface area contributed by atoms with Gasteiger partial charge >= 0.3 is 0 Å². The van der Waals surface area contributed by atoms with Gasteiger partial charge in [-0.1, -0.05) is 41.5 Å². The van der Waals surface area contributed by atoms with Crippen LogP contribution in [0.15, 0.2) is 0 Å². The molecule has 0 N–H and O–H groups in total. The summed E-state index contributed by atoms with van der Waals surface area (Å²) in [4.78, 5) is 4.63. The molecule has 0 aromatic carbocycles. The van der Waals surface area contributed by atoms with Crippen LogP contribution in [0.25, 0.3) is 0 Å². The van der Waals surface area contributed by atoms with Crippen LogP contribution in [0.3, 0.4) is 0 Å². The molecule has 2 aliphatic rings. The molecule has 2 nitrogen and oxygen atoms in total. The van der Waals surface area contributed by atoms with E-state index in [1.807, 2.05) is 0 Å². The first-order valence-corrected chi connectivity index (χ1v) is 11.1. The monoisotopic (exact) mass is 402 g/mol. The van der Waals surface area contributed by atoms with Crippen molar-refractivity contribution >= 4 is 0 Å². The number of rotatable bonds is 0. The van der Waals surface area contributed by atoms with Crippen LogP contribution in [-0.2, 0) is 0 Å². The molecule has 0 radical (unpaired) electrons. The van der Waals surface area contributed by atoms with E-state index >= 15 is 0 Å². The van der Waals surface area contributed by atoms with E-state index in [4.69, 9.17) is 0 Å². The lowest BCUT2D eigenvalue weighted by Gasteiger charge is -2.42. The fourth-order valence-corrected chi connectivity index (χ4v) is 4.69. The fourth-order valence-electron chi connectivity index (χ4n) is 4.69. The first-order valence-electron chi connectivity index (χ1n) is 11.1. The van der Waals surface area contributed by atoms with E-state index < -0.39 is 12.3 Å². The number of likely N-dealkylation sites (tertiary alicyclic amines) is 2. The van der Waals surface area contributed by atoms with Crippen LogP contribution in [0.1, 0.15) is 95.9 Å². The summed E-state index contributed by atoms with van der Waals surface area (Å²) in [6.07, 6.45) is 0.110. The summed E-state index contributed by atoms with van der Waals surface area (Å²) in [6, 6.07) is 0.745. The quantitative estimate of drug-likeness (QED) is 0.457. The predicted octanol–water partition coefficient (Wildman–Crippen LogP) is 6.49. The molecule has 0 aliphatic carbocycles. The van der Waals surface area contributed by atoms with Gasteiger partial charge in [-0.15, -0.1) is 0 Å². The van der Waals surface area contributed by atoms with E-state index in [9.17, 15) is 8.78 Å². The Morgan fingerprint density at radius 1 is 0.536 bits per heavy atom. The van der Waals surface area contributed by atoms with Crippen molar-refractivity contribution in [3.63, 3.8) is 0 Å². The van der Waals surface area contributed by atoms with Gasteiger partial charge in [0, 0.05) is 36.3 Å². The van der Waals surface area contributed by atoms with Crippen molar-refractivity contribution in [2.45, 2.75) is 131 Å². The zero-order chi connectivity index (χ0) is 22.3. The molecule has 0 spiro atoms. The molecule has 0 aromatic rings. The molecule has 168 valence electrons. The largest absolute Gasteiger partial charge is 0.292 e. The van der Waals surface area contributed by atoms with E-state index in [1.165, 1.54) is 0 Å². The van der Waals surface area contributed by atoms with Gasteiger partial charge in [-0.2, -0.15) is 0 Å². The Kier molecular flexibility index (Phi) is 7.83. The average molecular weight is 403 g/mol. The number of alkyl halides is 2. The summed E-state index contributed by atoms with van der Waals surface area (Å²) in [7, 11) is 0. The summed E-state index contributed by atoms with van der Waals surface area (Å²) in [5, 5.41) is 0. The second kappa shape index (κ2) is 8.49. The van der Waals surface area contributed by atoms with Crippen molar-refractivity contribution in [2.24, 2.45) is 10.8 Å². The van der Waals surface area contributed by atoms with Gasteiger partial charge in [0.1, 0.15) is 12.3 Å². The van der Waals surface area contributed by atoms with Crippen molar-refractivity contribution in [3.8, 4) is 0 Å². The van der Waals surface area contributed by atoms with Crippen molar-refractivity contribution in [3.05, 3.63) is 0 Å². The minimum Gasteiger partial charge on any atom is -0.292 e. The van der Waals surface area contributed by atoms with Crippen LogP contribution in [0.2, 0.25) is 0 Å². The molecule has 2 saturated heterocycles. The number of hydrogen-bond acceptors (Lipinski definition) is 2. The molecule has 28 heavy (non-hydrogen) atoms. The summed E-state index contributed by atoms with van der Waals surface area (Å²) in [5.41, 5.74) is 0.514. The molecule has 0 saturated carbocycles. The van der Waals surface area contributed by atoms with Gasteiger partial charge in [0.25, 0.3) is 0 Å². The highest BCUT2D eigenvalue weighted by molar-refractivity contribution is 4.98. The van der Waals surface area contributed by atoms with Crippen molar-refractivity contribution in [2.75, 3.05) is 13.1 Å². The van der Waals surface area contributed by atoms with Gasteiger partial charge in [-0.05, 0) is 65.2 Å². The molecule has 2 heterocycles. The third kappa shape index (κ3) is 6.93. The second-order valence-electron chi connectivity index (χ2n) is 13.1. The highest BCUT2D eigenvalue weighted by Gasteiger charge is 2.44. The molecule has 2 rings (SSSR count). The van der Waals surface area contributed by atoms with Gasteiger partial charge < -0.3 is 0 Å². The van der Waals surface area contributed by atoms with Gasteiger partial charge in [0.15, 0.2) is 0 Å². The van der Waals surface area contributed by atoms with Crippen molar-refractivity contribution < 1.29 is 8.78 Å². The van der Waals surface area contributed by atoms with Crippen LogP contribution < -0.4 is 0 Å². The van der Waals surface area contributed by atoms with Gasteiger partial charge in [0.2, 0.25) is 0 Å². The first-order chi connectivity index (χ1) is 12.2. The number of nitrogens with zero attached hydrogens (tertiary/aromatic N) is 2. The third-order valence-electron chi connectivity index (χ3n) is 6.22. The molecule has 0 amide bonds. The van der Waals surface area contributed by atoms with E-state index in [2.05, 4.69) is 92.9 Å². The Morgan fingerprint density at radius 3 is 0.929 bits per heavy atom. The van der Waals surface area contributed by atoms with Crippen LogP contribution in [0, 0.1) is 10.8 Å². The van der Waals surface area contributed by atoms with E-state index in [0.717, 1.165) is 0 Å². The lowest BCUT2D eigenvalue weighted by Crippen LogP contribution is -2.49. The minimum atomic E-state index is -0.640. The molecule has 4 atom stereocenters. The molecule has 2 aliphatic heterocycles. The topological polar surface area (TPSA) is 6.48 Å². The molecule has 0 bridgehead atoms. The van der Waals surface area contributed by atoms with Crippen molar-refractivity contribution in [1.29, 1.82) is 0 Å². The summed E-state index contributed by atoms with van der Waals surface area (Å²) in [6.45, 7) is 27.4. The van der Waals surface area contributed by atoms with Crippen LogP contribution in [0.4, 0.5) is 8.78 Å². The Hall–Kier alpha value is -0.220.